The van der Waals surface area contributed by atoms with Crippen molar-refractivity contribution in [3.8, 4) is 22.6 Å². The minimum Gasteiger partial charge on any atom is -0.481 e. The smallest absolute Gasteiger partial charge is 0.305 e. The van der Waals surface area contributed by atoms with E-state index in [9.17, 15) is 9.18 Å². The van der Waals surface area contributed by atoms with Crippen LogP contribution in [0.2, 0.25) is 0 Å². The van der Waals surface area contributed by atoms with E-state index < -0.39 is 12.3 Å². The summed E-state index contributed by atoms with van der Waals surface area (Å²) in [6.45, 7) is 3.44. The molecule has 3 heterocycles. The monoisotopic (exact) mass is 456 g/mol. The molecule has 0 spiro atoms. The molecular formula is C22H25FN6O4. The Morgan fingerprint density at radius 1 is 1.27 bits per heavy atom. The highest BCUT2D eigenvalue weighted by atomic mass is 19.1. The lowest BCUT2D eigenvalue weighted by Gasteiger charge is -2.35. The van der Waals surface area contributed by atoms with Gasteiger partial charge >= 0.3 is 5.97 Å². The number of nitrogens with two attached hydrogens (primary N) is 1. The summed E-state index contributed by atoms with van der Waals surface area (Å²) in [7, 11) is 0. The number of nitrogens with one attached hydrogen (secondary N) is 2. The Kier molecular flexibility index (Phi) is 6.63. The number of aromatic nitrogens is 4. The highest BCUT2D eigenvalue weighted by molar-refractivity contribution is 5.77. The molecule has 0 saturated carbocycles. The minimum atomic E-state index is -0.923. The van der Waals surface area contributed by atoms with Gasteiger partial charge in [-0.05, 0) is 30.3 Å². The first-order chi connectivity index (χ1) is 15.9. The Balaban J connectivity index is 1.66. The van der Waals surface area contributed by atoms with Crippen LogP contribution in [0.5, 0.6) is 0 Å². The van der Waals surface area contributed by atoms with Gasteiger partial charge < -0.3 is 30.6 Å². The van der Waals surface area contributed by atoms with Gasteiger partial charge in [-0.3, -0.25) is 4.79 Å². The number of hydrogen-bond acceptors (Lipinski definition) is 8. The van der Waals surface area contributed by atoms with Crippen molar-refractivity contribution in [2.24, 2.45) is 11.1 Å². The number of halogens is 1. The first kappa shape index (κ1) is 22.8. The van der Waals surface area contributed by atoms with Crippen molar-refractivity contribution in [2.75, 3.05) is 31.6 Å². The summed E-state index contributed by atoms with van der Waals surface area (Å²) in [5.41, 5.74) is 7.85. The fraction of sp³-hybridized carbons (Fsp3) is 0.364. The molecule has 11 heteroatoms. The molecule has 5 N–H and O–H groups in total. The fourth-order valence-electron chi connectivity index (χ4n) is 3.29. The number of aliphatic carboxylic acids is 1. The van der Waals surface area contributed by atoms with Crippen LogP contribution < -0.4 is 11.1 Å². The number of rotatable bonds is 8. The van der Waals surface area contributed by atoms with Crippen LogP contribution in [0.3, 0.4) is 0 Å². The maximum absolute atomic E-state index is 13.5. The first-order valence-electron chi connectivity index (χ1n) is 10.4. The number of nitrogens with zero attached hydrogens (tertiary/aromatic N) is 3. The van der Waals surface area contributed by atoms with Crippen molar-refractivity contribution in [3.63, 3.8) is 0 Å². The molecule has 1 aliphatic heterocycles. The summed E-state index contributed by atoms with van der Waals surface area (Å²) in [5.74, 6) is -0.557. The van der Waals surface area contributed by atoms with Crippen molar-refractivity contribution >= 4 is 11.9 Å². The fourth-order valence-corrected chi connectivity index (χ4v) is 3.29. The van der Waals surface area contributed by atoms with E-state index in [1.807, 2.05) is 6.92 Å². The zero-order chi connectivity index (χ0) is 23.4. The molecule has 1 aliphatic rings. The average Bonchev–Trinajstić information content (AvgIpc) is 3.25. The molecule has 0 bridgehead atoms. The highest BCUT2D eigenvalue weighted by Crippen LogP contribution is 2.35. The van der Waals surface area contributed by atoms with Crippen LogP contribution in [-0.4, -0.2) is 57.3 Å². The van der Waals surface area contributed by atoms with Gasteiger partial charge in [0.25, 0.3) is 0 Å². The van der Waals surface area contributed by atoms with Crippen molar-refractivity contribution in [1.82, 2.24) is 19.9 Å². The molecule has 4 rings (SSSR count). The number of H-pyrrole nitrogens is 1. The number of carbonyl (C=O) groups is 1. The minimum absolute atomic E-state index is 0.0687. The van der Waals surface area contributed by atoms with Crippen LogP contribution in [0.1, 0.15) is 25.5 Å². The van der Waals surface area contributed by atoms with Crippen LogP contribution in [0, 0.1) is 11.2 Å². The van der Waals surface area contributed by atoms with E-state index in [1.165, 1.54) is 12.1 Å². The van der Waals surface area contributed by atoms with E-state index >= 15 is 0 Å². The van der Waals surface area contributed by atoms with Crippen LogP contribution in [0.15, 0.2) is 36.5 Å². The Bertz CT molecular complexity index is 1110. The number of aromatic amines is 1. The van der Waals surface area contributed by atoms with Gasteiger partial charge in [-0.1, -0.05) is 6.92 Å². The Hall–Kier alpha value is -3.41. The second-order valence-corrected chi connectivity index (χ2v) is 8.16. The predicted molar refractivity (Wildman–Crippen MR) is 118 cm³/mol. The summed E-state index contributed by atoms with van der Waals surface area (Å²) in [4.78, 5) is 27.3. The molecule has 1 aromatic carbocycles. The molecule has 0 radical (unpaired) electrons. The highest BCUT2D eigenvalue weighted by Gasteiger charge is 2.34. The molecule has 0 amide bonds. The number of carboxylic acid groups (broad SMARTS) is 1. The summed E-state index contributed by atoms with van der Waals surface area (Å²) >= 11 is 0. The van der Waals surface area contributed by atoms with E-state index in [0.717, 1.165) is 0 Å². The van der Waals surface area contributed by atoms with Crippen molar-refractivity contribution < 1.29 is 23.8 Å². The molecule has 0 atom stereocenters. The van der Waals surface area contributed by atoms with Crippen molar-refractivity contribution in [3.05, 3.63) is 48.2 Å². The lowest BCUT2D eigenvalue weighted by Crippen LogP contribution is -2.42. The molecule has 0 unspecified atom stereocenters. The normalized spacial score (nSPS) is 20.5. The van der Waals surface area contributed by atoms with E-state index in [1.54, 1.807) is 24.4 Å². The lowest BCUT2D eigenvalue weighted by atomic mass is 9.93. The number of ether oxygens (including phenoxy) is 2. The standard InChI is InChI=1S/C22H25FN6O4/c1-22(10-24)11-32-20(33-12-22)19-28-17(13-2-4-14(23)5-3-13)18(29-19)15-6-8-25-21(27-15)26-9-7-16(30)31/h2-6,8,20H,7,9-12,24H2,1H3,(H,28,29)(H,30,31)(H,25,26,27). The zero-order valence-corrected chi connectivity index (χ0v) is 18.0. The average molecular weight is 456 g/mol. The van der Waals surface area contributed by atoms with Crippen molar-refractivity contribution in [1.29, 1.82) is 0 Å². The van der Waals surface area contributed by atoms with E-state index in [-0.39, 0.29) is 30.1 Å². The summed E-state index contributed by atoms with van der Waals surface area (Å²) in [6, 6.07) is 7.65. The third-order valence-electron chi connectivity index (χ3n) is 5.26. The number of carboxylic acids is 1. The molecular weight excluding hydrogens is 431 g/mol. The quantitative estimate of drug-likeness (QED) is 0.401. The lowest BCUT2D eigenvalue weighted by molar-refractivity contribution is -0.231. The van der Waals surface area contributed by atoms with Crippen LogP contribution in [-0.2, 0) is 14.3 Å². The van der Waals surface area contributed by atoms with Gasteiger partial charge in [0, 0.05) is 30.3 Å². The third kappa shape index (κ3) is 5.33. The van der Waals surface area contributed by atoms with E-state index in [2.05, 4.69) is 25.3 Å². The molecule has 2 aromatic heterocycles. The molecule has 3 aromatic rings. The van der Waals surface area contributed by atoms with Crippen LogP contribution in [0.25, 0.3) is 22.6 Å². The number of hydrogen-bond donors (Lipinski definition) is 4. The third-order valence-corrected chi connectivity index (χ3v) is 5.26. The molecule has 174 valence electrons. The second kappa shape index (κ2) is 9.61. The van der Waals surface area contributed by atoms with Gasteiger partial charge in [-0.15, -0.1) is 0 Å². The van der Waals surface area contributed by atoms with E-state index in [0.29, 0.717) is 48.2 Å². The maximum Gasteiger partial charge on any atom is 0.305 e. The Labute approximate surface area is 189 Å². The van der Waals surface area contributed by atoms with Crippen LogP contribution in [0.4, 0.5) is 10.3 Å². The molecule has 0 aliphatic carbocycles. The number of anilines is 1. The second-order valence-electron chi connectivity index (χ2n) is 8.16. The molecule has 33 heavy (non-hydrogen) atoms. The summed E-state index contributed by atoms with van der Waals surface area (Å²) < 4.78 is 25.3. The zero-order valence-electron chi connectivity index (χ0n) is 18.0. The summed E-state index contributed by atoms with van der Waals surface area (Å²) in [6.07, 6.45) is 0.772. The molecule has 10 nitrogen and oxygen atoms in total. The largest absolute Gasteiger partial charge is 0.481 e. The van der Waals surface area contributed by atoms with Gasteiger partial charge in [0.2, 0.25) is 12.2 Å². The van der Waals surface area contributed by atoms with Gasteiger partial charge in [0.1, 0.15) is 5.82 Å². The van der Waals surface area contributed by atoms with Gasteiger partial charge in [-0.25, -0.2) is 19.3 Å². The Morgan fingerprint density at radius 2 is 2.00 bits per heavy atom. The number of imidazole rings is 1. The summed E-state index contributed by atoms with van der Waals surface area (Å²) in [5, 5.41) is 11.7. The van der Waals surface area contributed by atoms with Gasteiger partial charge in [0.15, 0.2) is 5.82 Å². The van der Waals surface area contributed by atoms with Crippen molar-refractivity contribution in [2.45, 2.75) is 19.6 Å². The number of benzene rings is 1. The predicted octanol–water partition coefficient (Wildman–Crippen LogP) is 2.57. The maximum atomic E-state index is 13.5. The topological polar surface area (TPSA) is 148 Å². The van der Waals surface area contributed by atoms with Crippen LogP contribution >= 0.6 is 0 Å². The molecule has 1 fully saturated rings. The SMILES string of the molecule is CC1(CN)COC(c2nc(-c3ccc(F)cc3)c(-c3ccnc(NCCC(=O)O)n3)[nH]2)OC1. The van der Waals surface area contributed by atoms with E-state index in [4.69, 9.17) is 20.3 Å². The van der Waals surface area contributed by atoms with Gasteiger partial charge in [0.05, 0.1) is 36.7 Å². The van der Waals surface area contributed by atoms with Gasteiger partial charge in [-0.2, -0.15) is 0 Å². The Morgan fingerprint density at radius 3 is 2.67 bits per heavy atom. The molecule has 1 saturated heterocycles. The first-order valence-corrected chi connectivity index (χ1v) is 10.4.